The van der Waals surface area contributed by atoms with Crippen LogP contribution in [0.1, 0.15) is 18.9 Å². The van der Waals surface area contributed by atoms with Gasteiger partial charge in [0, 0.05) is 6.42 Å². The number of hydrogen-bond donors (Lipinski definition) is 1. The van der Waals surface area contributed by atoms with Crippen LogP contribution in [0.5, 0.6) is 11.5 Å². The van der Waals surface area contributed by atoms with Gasteiger partial charge in [0.05, 0.1) is 6.61 Å². The number of halogens is 2. The molecule has 0 aliphatic heterocycles. The predicted octanol–water partition coefficient (Wildman–Crippen LogP) is 2.49. The van der Waals surface area contributed by atoms with E-state index in [0.717, 1.165) is 0 Å². The second-order valence-corrected chi connectivity index (χ2v) is 3.47. The lowest BCUT2D eigenvalue weighted by molar-refractivity contribution is -0.143. The van der Waals surface area contributed by atoms with Crippen molar-refractivity contribution in [3.05, 3.63) is 23.8 Å². The molecule has 0 amide bonds. The number of esters is 1. The highest BCUT2D eigenvalue weighted by Crippen LogP contribution is 2.25. The maximum absolute atomic E-state index is 12.0. The molecule has 0 radical (unpaired) electrons. The first-order chi connectivity index (χ1) is 8.52. The Morgan fingerprint density at radius 3 is 2.78 bits per heavy atom. The Bertz CT molecular complexity index is 407. The van der Waals surface area contributed by atoms with Crippen LogP contribution < -0.4 is 4.74 Å². The second-order valence-electron chi connectivity index (χ2n) is 3.47. The summed E-state index contributed by atoms with van der Waals surface area (Å²) in [5.41, 5.74) is 0.362. The number of aromatic hydroxyl groups is 1. The van der Waals surface area contributed by atoms with Crippen molar-refractivity contribution in [1.29, 1.82) is 0 Å². The van der Waals surface area contributed by atoms with E-state index in [9.17, 15) is 18.7 Å². The summed E-state index contributed by atoms with van der Waals surface area (Å²) >= 11 is 0. The van der Waals surface area contributed by atoms with Gasteiger partial charge in [-0.15, -0.1) is 0 Å². The average Bonchev–Trinajstić information content (AvgIpc) is 2.29. The van der Waals surface area contributed by atoms with E-state index in [0.29, 0.717) is 5.56 Å². The molecule has 0 heterocycles. The third-order valence-electron chi connectivity index (χ3n) is 2.18. The number of carbonyl (C=O) groups is 1. The predicted molar refractivity (Wildman–Crippen MR) is 59.7 cm³/mol. The van der Waals surface area contributed by atoms with Gasteiger partial charge in [0.15, 0.2) is 0 Å². The Hall–Kier alpha value is -1.85. The average molecular weight is 260 g/mol. The van der Waals surface area contributed by atoms with Crippen LogP contribution in [0.3, 0.4) is 0 Å². The topological polar surface area (TPSA) is 55.8 Å². The minimum atomic E-state index is -2.92. The number of rotatable bonds is 6. The van der Waals surface area contributed by atoms with Crippen molar-refractivity contribution in [2.75, 3.05) is 6.61 Å². The van der Waals surface area contributed by atoms with Gasteiger partial charge in [-0.3, -0.25) is 4.79 Å². The first-order valence-electron chi connectivity index (χ1n) is 5.45. The molecule has 0 aliphatic carbocycles. The summed E-state index contributed by atoms with van der Waals surface area (Å²) in [5, 5.41) is 9.52. The minimum Gasteiger partial charge on any atom is -0.508 e. The van der Waals surface area contributed by atoms with Crippen LogP contribution >= 0.6 is 0 Å². The number of hydrogen-bond acceptors (Lipinski definition) is 4. The summed E-state index contributed by atoms with van der Waals surface area (Å²) in [4.78, 5) is 11.1. The molecule has 0 saturated carbocycles. The lowest BCUT2D eigenvalue weighted by Crippen LogP contribution is -2.06. The maximum atomic E-state index is 12.0. The molecular weight excluding hydrogens is 246 g/mol. The van der Waals surface area contributed by atoms with Crippen LogP contribution in [-0.2, 0) is 16.0 Å². The first kappa shape index (κ1) is 14.2. The molecule has 100 valence electrons. The molecule has 0 saturated heterocycles. The molecule has 1 aromatic rings. The first-order valence-corrected chi connectivity index (χ1v) is 5.45. The van der Waals surface area contributed by atoms with E-state index in [-0.39, 0.29) is 30.9 Å². The summed E-state index contributed by atoms with van der Waals surface area (Å²) in [6, 6.07) is 3.76. The van der Waals surface area contributed by atoms with Crippen molar-refractivity contribution in [2.24, 2.45) is 0 Å². The lowest BCUT2D eigenvalue weighted by Gasteiger charge is -2.08. The molecule has 0 bridgehead atoms. The highest BCUT2D eigenvalue weighted by atomic mass is 19.3. The van der Waals surface area contributed by atoms with Gasteiger partial charge in [-0.2, -0.15) is 8.78 Å². The van der Waals surface area contributed by atoms with Crippen LogP contribution in [0.15, 0.2) is 18.2 Å². The van der Waals surface area contributed by atoms with E-state index in [1.54, 1.807) is 6.92 Å². The van der Waals surface area contributed by atoms with Gasteiger partial charge in [0.1, 0.15) is 11.5 Å². The third-order valence-corrected chi connectivity index (χ3v) is 2.18. The monoisotopic (exact) mass is 260 g/mol. The van der Waals surface area contributed by atoms with Crippen molar-refractivity contribution in [3.63, 3.8) is 0 Å². The molecular formula is C12H14F2O4. The van der Waals surface area contributed by atoms with E-state index in [1.165, 1.54) is 18.2 Å². The van der Waals surface area contributed by atoms with Gasteiger partial charge < -0.3 is 14.6 Å². The Morgan fingerprint density at radius 2 is 2.17 bits per heavy atom. The zero-order valence-corrected chi connectivity index (χ0v) is 9.86. The van der Waals surface area contributed by atoms with Gasteiger partial charge in [-0.1, -0.05) is 0 Å². The highest BCUT2D eigenvalue weighted by Gasteiger charge is 2.10. The summed E-state index contributed by atoms with van der Waals surface area (Å²) in [6.45, 7) is -0.960. The molecule has 4 nitrogen and oxygen atoms in total. The summed E-state index contributed by atoms with van der Waals surface area (Å²) in [5.74, 6) is -0.528. The Morgan fingerprint density at radius 1 is 1.44 bits per heavy atom. The number of phenolic OH excluding ortho intramolecular Hbond substituents is 1. The fourth-order valence-electron chi connectivity index (χ4n) is 1.41. The van der Waals surface area contributed by atoms with E-state index in [4.69, 9.17) is 4.74 Å². The second kappa shape index (κ2) is 6.78. The Kier molecular flexibility index (Phi) is 5.35. The fourth-order valence-corrected chi connectivity index (χ4v) is 1.41. The van der Waals surface area contributed by atoms with Gasteiger partial charge in [0.25, 0.3) is 0 Å². The fraction of sp³-hybridized carbons (Fsp3) is 0.417. The van der Waals surface area contributed by atoms with Crippen LogP contribution in [-0.4, -0.2) is 24.3 Å². The lowest BCUT2D eigenvalue weighted by atomic mass is 10.1. The number of alkyl halides is 2. The van der Waals surface area contributed by atoms with E-state index >= 15 is 0 Å². The van der Waals surface area contributed by atoms with E-state index in [2.05, 4.69) is 4.74 Å². The van der Waals surface area contributed by atoms with Crippen molar-refractivity contribution in [2.45, 2.75) is 26.4 Å². The standard InChI is InChI=1S/C12H14F2O4/c1-2-17-11(16)6-3-8-7-9(18-12(13)14)4-5-10(8)15/h4-5,7,12,15H,2-3,6H2,1H3. The van der Waals surface area contributed by atoms with E-state index in [1.807, 2.05) is 0 Å². The molecule has 0 unspecified atom stereocenters. The van der Waals surface area contributed by atoms with Crippen molar-refractivity contribution < 1.29 is 28.2 Å². The quantitative estimate of drug-likeness (QED) is 0.798. The van der Waals surface area contributed by atoms with E-state index < -0.39 is 12.6 Å². The molecule has 18 heavy (non-hydrogen) atoms. The number of carbonyl (C=O) groups excluding carboxylic acids is 1. The highest BCUT2D eigenvalue weighted by molar-refractivity contribution is 5.69. The number of aryl methyl sites for hydroxylation is 1. The van der Waals surface area contributed by atoms with Gasteiger partial charge in [0.2, 0.25) is 0 Å². The molecule has 1 N–H and O–H groups in total. The molecule has 0 spiro atoms. The molecule has 1 rings (SSSR count). The third kappa shape index (κ3) is 4.57. The zero-order chi connectivity index (χ0) is 13.5. The number of ether oxygens (including phenoxy) is 2. The van der Waals surface area contributed by atoms with Gasteiger partial charge in [-0.25, -0.2) is 0 Å². The van der Waals surface area contributed by atoms with Crippen LogP contribution in [0.4, 0.5) is 8.78 Å². The Labute approximate surface area is 103 Å². The van der Waals surface area contributed by atoms with Crippen LogP contribution in [0.2, 0.25) is 0 Å². The van der Waals surface area contributed by atoms with Crippen molar-refractivity contribution >= 4 is 5.97 Å². The van der Waals surface area contributed by atoms with Crippen molar-refractivity contribution in [1.82, 2.24) is 0 Å². The summed E-state index contributed by atoms with van der Waals surface area (Å²) < 4.78 is 32.9. The number of phenols is 1. The summed E-state index contributed by atoms with van der Waals surface area (Å²) in [6.07, 6.45) is 0.268. The van der Waals surface area contributed by atoms with Crippen LogP contribution in [0, 0.1) is 0 Å². The smallest absolute Gasteiger partial charge is 0.387 e. The molecule has 0 aliphatic rings. The van der Waals surface area contributed by atoms with Crippen molar-refractivity contribution in [3.8, 4) is 11.5 Å². The largest absolute Gasteiger partial charge is 0.508 e. The zero-order valence-electron chi connectivity index (χ0n) is 9.86. The Balaban J connectivity index is 2.66. The maximum Gasteiger partial charge on any atom is 0.387 e. The minimum absolute atomic E-state index is 0.0540. The molecule has 6 heteroatoms. The molecule has 0 atom stereocenters. The van der Waals surface area contributed by atoms with Crippen LogP contribution in [0.25, 0.3) is 0 Å². The molecule has 0 aromatic heterocycles. The van der Waals surface area contributed by atoms with Gasteiger partial charge >= 0.3 is 12.6 Å². The molecule has 0 fully saturated rings. The SMILES string of the molecule is CCOC(=O)CCc1cc(OC(F)F)ccc1O. The molecule has 1 aromatic carbocycles. The summed E-state index contributed by atoms with van der Waals surface area (Å²) in [7, 11) is 0. The number of benzene rings is 1. The normalized spacial score (nSPS) is 10.4. The van der Waals surface area contributed by atoms with Gasteiger partial charge in [-0.05, 0) is 37.1 Å².